The summed E-state index contributed by atoms with van der Waals surface area (Å²) in [7, 11) is 0. The summed E-state index contributed by atoms with van der Waals surface area (Å²) in [6.45, 7) is 4.56. The molecule has 3 rings (SSSR count). The lowest BCUT2D eigenvalue weighted by Gasteiger charge is -2.11. The summed E-state index contributed by atoms with van der Waals surface area (Å²) in [6.07, 6.45) is 4.84. The predicted octanol–water partition coefficient (Wildman–Crippen LogP) is 1.99. The van der Waals surface area contributed by atoms with E-state index in [0.717, 1.165) is 28.5 Å². The molecule has 4 N–H and O–H groups in total. The van der Waals surface area contributed by atoms with Crippen LogP contribution in [0.2, 0.25) is 0 Å². The van der Waals surface area contributed by atoms with Crippen LogP contribution in [0.5, 0.6) is 0 Å². The van der Waals surface area contributed by atoms with Crippen molar-refractivity contribution in [3.05, 3.63) is 74.1 Å². The van der Waals surface area contributed by atoms with Gasteiger partial charge in [0.05, 0.1) is 12.0 Å². The fourth-order valence-corrected chi connectivity index (χ4v) is 3.53. The van der Waals surface area contributed by atoms with Gasteiger partial charge in [0.15, 0.2) is 0 Å². The summed E-state index contributed by atoms with van der Waals surface area (Å²) in [5.74, 6) is 1.93. The highest BCUT2D eigenvalue weighted by Crippen LogP contribution is 2.19. The van der Waals surface area contributed by atoms with Crippen LogP contribution < -0.4 is 16.4 Å². The summed E-state index contributed by atoms with van der Waals surface area (Å²) in [5, 5.41) is 3.12. The largest absolute Gasteiger partial charge is 0.355 e. The van der Waals surface area contributed by atoms with E-state index in [2.05, 4.69) is 30.2 Å². The average molecular weight is 386 g/mol. The molecular formula is C18H22N6O2S. The van der Waals surface area contributed by atoms with Crippen LogP contribution in [0.4, 0.5) is 5.95 Å². The third kappa shape index (κ3) is 4.88. The van der Waals surface area contributed by atoms with Gasteiger partial charge >= 0.3 is 0 Å². The Balaban J connectivity index is 1.54. The summed E-state index contributed by atoms with van der Waals surface area (Å²) >= 11 is 1.76. The minimum Gasteiger partial charge on any atom is -0.355 e. The van der Waals surface area contributed by atoms with Crippen LogP contribution in [-0.4, -0.2) is 37.2 Å². The normalized spacial score (nSPS) is 12.1. The third-order valence-corrected chi connectivity index (χ3v) is 5.27. The van der Waals surface area contributed by atoms with Crippen LogP contribution in [0.3, 0.4) is 0 Å². The van der Waals surface area contributed by atoms with Gasteiger partial charge in [-0.3, -0.25) is 14.6 Å². The van der Waals surface area contributed by atoms with Crippen LogP contribution in [0.15, 0.2) is 40.4 Å². The lowest BCUT2D eigenvalue weighted by atomic mass is 9.96. The highest BCUT2D eigenvalue weighted by molar-refractivity contribution is 7.98. The number of H-pyrrole nitrogens is 3. The number of rotatable bonds is 8. The highest BCUT2D eigenvalue weighted by Gasteiger charge is 2.14. The van der Waals surface area contributed by atoms with Crippen LogP contribution in [0.25, 0.3) is 0 Å². The molecule has 1 atom stereocenters. The first-order valence-electron chi connectivity index (χ1n) is 8.63. The zero-order chi connectivity index (χ0) is 19.2. The first-order chi connectivity index (χ1) is 13.0. The molecule has 0 amide bonds. The van der Waals surface area contributed by atoms with Crippen molar-refractivity contribution in [2.45, 2.75) is 25.5 Å². The van der Waals surface area contributed by atoms with Crippen LogP contribution >= 0.6 is 11.8 Å². The number of aryl methyl sites for hydroxylation is 1. The third-order valence-electron chi connectivity index (χ3n) is 4.30. The lowest BCUT2D eigenvalue weighted by Crippen LogP contribution is -2.20. The molecule has 0 aliphatic carbocycles. The first kappa shape index (κ1) is 19.0. The zero-order valence-corrected chi connectivity index (χ0v) is 16.0. The zero-order valence-electron chi connectivity index (χ0n) is 15.2. The van der Waals surface area contributed by atoms with E-state index < -0.39 is 0 Å². The van der Waals surface area contributed by atoms with Gasteiger partial charge in [-0.1, -0.05) is 6.92 Å². The molecule has 0 aromatic carbocycles. The molecule has 3 aromatic heterocycles. The molecule has 0 radical (unpaired) electrons. The van der Waals surface area contributed by atoms with E-state index >= 15 is 0 Å². The van der Waals surface area contributed by atoms with Gasteiger partial charge in [0.25, 0.3) is 5.56 Å². The van der Waals surface area contributed by atoms with E-state index in [1.165, 1.54) is 6.07 Å². The van der Waals surface area contributed by atoms with Crippen molar-refractivity contribution in [3.63, 3.8) is 0 Å². The van der Waals surface area contributed by atoms with Gasteiger partial charge in [0, 0.05) is 53.7 Å². The molecule has 3 aromatic rings. The number of hydrogen-bond acceptors (Lipinski definition) is 6. The fraction of sp³-hybridized carbons (Fsp3) is 0.333. The Kier molecular flexibility index (Phi) is 6.12. The van der Waals surface area contributed by atoms with Crippen molar-refractivity contribution in [1.82, 2.24) is 24.9 Å². The summed E-state index contributed by atoms with van der Waals surface area (Å²) in [6, 6.07) is 3.28. The molecule has 0 saturated carbocycles. The van der Waals surface area contributed by atoms with Gasteiger partial charge < -0.3 is 15.3 Å². The lowest BCUT2D eigenvalue weighted by molar-refractivity contribution is 0.868. The topological polar surface area (TPSA) is 119 Å². The molecule has 142 valence electrons. The standard InChI is InChI=1S/C18H22N6O2S/c1-11(13-3-4-19-16(25)7-13)14-8-21-18(24-17(14)26)20-5-6-27-9-15-12(2)22-10-23-15/h3-4,7-8,10-11H,5-6,9H2,1-2H3,(H,19,25)(H,22,23)(H2,20,21,24,26). The van der Waals surface area contributed by atoms with Gasteiger partial charge in [0.2, 0.25) is 11.5 Å². The Morgan fingerprint density at radius 2 is 2.11 bits per heavy atom. The Bertz CT molecular complexity index is 1010. The second-order valence-electron chi connectivity index (χ2n) is 6.18. The minimum atomic E-state index is -0.217. The Hall–Kier alpha value is -2.81. The molecule has 27 heavy (non-hydrogen) atoms. The smallest absolute Gasteiger partial charge is 0.256 e. The van der Waals surface area contributed by atoms with Crippen molar-refractivity contribution in [3.8, 4) is 0 Å². The van der Waals surface area contributed by atoms with Crippen LogP contribution in [-0.2, 0) is 5.75 Å². The number of thioether (sulfide) groups is 1. The number of anilines is 1. The van der Waals surface area contributed by atoms with Gasteiger partial charge in [-0.2, -0.15) is 11.8 Å². The van der Waals surface area contributed by atoms with Crippen molar-refractivity contribution < 1.29 is 0 Å². The van der Waals surface area contributed by atoms with Gasteiger partial charge in [-0.25, -0.2) is 9.97 Å². The molecule has 3 heterocycles. The maximum atomic E-state index is 12.4. The number of imidazole rings is 1. The van der Waals surface area contributed by atoms with Crippen LogP contribution in [0.1, 0.15) is 35.4 Å². The molecule has 0 spiro atoms. The van der Waals surface area contributed by atoms with E-state index in [-0.39, 0.29) is 17.0 Å². The number of aromatic amines is 3. The second kappa shape index (κ2) is 8.72. The summed E-state index contributed by atoms with van der Waals surface area (Å²) in [5.41, 5.74) is 3.05. The van der Waals surface area contributed by atoms with Crippen molar-refractivity contribution in [1.29, 1.82) is 0 Å². The monoisotopic (exact) mass is 386 g/mol. The van der Waals surface area contributed by atoms with Crippen molar-refractivity contribution in [2.24, 2.45) is 0 Å². The highest BCUT2D eigenvalue weighted by atomic mass is 32.2. The molecule has 0 bridgehead atoms. The molecular weight excluding hydrogens is 364 g/mol. The van der Waals surface area contributed by atoms with Gasteiger partial charge in [-0.15, -0.1) is 0 Å². The van der Waals surface area contributed by atoms with Gasteiger partial charge in [0.1, 0.15) is 0 Å². The summed E-state index contributed by atoms with van der Waals surface area (Å²) < 4.78 is 0. The molecule has 9 heteroatoms. The molecule has 0 fully saturated rings. The Labute approximate surface area is 160 Å². The van der Waals surface area contributed by atoms with Gasteiger partial charge in [-0.05, 0) is 18.6 Å². The molecule has 8 nitrogen and oxygen atoms in total. The maximum Gasteiger partial charge on any atom is 0.256 e. The Morgan fingerprint density at radius 3 is 2.81 bits per heavy atom. The summed E-state index contributed by atoms with van der Waals surface area (Å²) in [4.78, 5) is 40.8. The van der Waals surface area contributed by atoms with E-state index in [4.69, 9.17) is 0 Å². The molecule has 0 aliphatic rings. The number of pyridine rings is 1. The van der Waals surface area contributed by atoms with Crippen LogP contribution in [0, 0.1) is 6.92 Å². The number of aromatic nitrogens is 5. The SMILES string of the molecule is Cc1[nH]cnc1CSCCNc1ncc(C(C)c2cc[nH]c(=O)c2)c(=O)[nH]1. The Morgan fingerprint density at radius 1 is 1.26 bits per heavy atom. The van der Waals surface area contributed by atoms with E-state index in [0.29, 0.717) is 18.1 Å². The molecule has 1 unspecified atom stereocenters. The molecule has 0 saturated heterocycles. The van der Waals surface area contributed by atoms with E-state index in [9.17, 15) is 9.59 Å². The van der Waals surface area contributed by atoms with E-state index in [1.807, 2.05) is 13.8 Å². The van der Waals surface area contributed by atoms with Crippen molar-refractivity contribution >= 4 is 17.7 Å². The minimum absolute atomic E-state index is 0.190. The number of nitrogens with one attached hydrogen (secondary N) is 4. The van der Waals surface area contributed by atoms with E-state index in [1.54, 1.807) is 36.5 Å². The second-order valence-corrected chi connectivity index (χ2v) is 7.28. The first-order valence-corrected chi connectivity index (χ1v) is 9.78. The van der Waals surface area contributed by atoms with Crippen molar-refractivity contribution in [2.75, 3.05) is 17.6 Å². The predicted molar refractivity (Wildman–Crippen MR) is 107 cm³/mol. The number of hydrogen-bond donors (Lipinski definition) is 4. The maximum absolute atomic E-state index is 12.4. The quantitative estimate of drug-likeness (QED) is 0.440. The number of nitrogens with zero attached hydrogens (tertiary/aromatic N) is 2. The average Bonchev–Trinajstić information content (AvgIpc) is 3.06. The fourth-order valence-electron chi connectivity index (χ4n) is 2.66. The molecule has 0 aliphatic heterocycles.